The lowest BCUT2D eigenvalue weighted by atomic mass is 10.1. The Morgan fingerprint density at radius 3 is 1.58 bits per heavy atom. The van der Waals surface area contributed by atoms with Crippen LogP contribution in [0.5, 0.6) is 0 Å². The average molecular weight is 451 g/mol. The molecule has 0 aliphatic rings. The van der Waals surface area contributed by atoms with Gasteiger partial charge in [0.05, 0.1) is 0 Å². The molecule has 0 radical (unpaired) electrons. The number of nitrogens with one attached hydrogen (secondary N) is 2. The van der Waals surface area contributed by atoms with Gasteiger partial charge in [-0.2, -0.15) is 10.2 Å². The summed E-state index contributed by atoms with van der Waals surface area (Å²) < 4.78 is 5.33. The van der Waals surface area contributed by atoms with Gasteiger partial charge in [-0.15, -0.1) is 0 Å². The number of aromatic nitrogens is 6. The lowest BCUT2D eigenvalue weighted by molar-refractivity contribution is 0.638. The van der Waals surface area contributed by atoms with E-state index in [9.17, 15) is 0 Å². The van der Waals surface area contributed by atoms with E-state index >= 15 is 0 Å². The van der Waals surface area contributed by atoms with Gasteiger partial charge in [-0.25, -0.2) is 0 Å². The summed E-state index contributed by atoms with van der Waals surface area (Å²) in [6.07, 6.45) is 4.86. The normalized spacial score (nSPS) is 11.2. The molecule has 4 aromatic rings. The van der Waals surface area contributed by atoms with Crippen LogP contribution in [0.4, 0.5) is 0 Å². The Kier molecular flexibility index (Phi) is 6.58. The first-order chi connectivity index (χ1) is 15.0. The molecule has 2 aromatic carbocycles. The largest absolute Gasteiger partial charge is 0.272 e. The Morgan fingerprint density at radius 2 is 1.16 bits per heavy atom. The molecule has 0 bridgehead atoms. The molecule has 0 spiro atoms. The summed E-state index contributed by atoms with van der Waals surface area (Å²) >= 11 is 10.9. The highest BCUT2D eigenvalue weighted by molar-refractivity contribution is 7.71. The molecule has 4 rings (SSSR count). The fraction of sp³-hybridized carbons (Fsp3) is 0.304. The summed E-state index contributed by atoms with van der Waals surface area (Å²) in [5.41, 5.74) is 4.52. The molecule has 8 heteroatoms. The second-order valence-electron chi connectivity index (χ2n) is 7.80. The standard InChI is InChI=1S/C23H26N6S2/c1-16-8-6-10-18(14-16)28-20(24-26-22(28)30)12-4-3-5-13-21-25-27-23(31)29(21)19-11-7-9-17(2)15-19/h6-11,14-15H,3-5,12-13H2,1-2H3,(H,26,30)(H,27,31). The Balaban J connectivity index is 1.38. The second-order valence-corrected chi connectivity index (χ2v) is 8.57. The fourth-order valence-electron chi connectivity index (χ4n) is 3.80. The molecular formula is C23H26N6S2. The minimum absolute atomic E-state index is 0.634. The zero-order chi connectivity index (χ0) is 21.8. The van der Waals surface area contributed by atoms with Crippen LogP contribution in [0, 0.1) is 23.4 Å². The van der Waals surface area contributed by atoms with Crippen molar-refractivity contribution in [2.45, 2.75) is 46.0 Å². The predicted molar refractivity (Wildman–Crippen MR) is 128 cm³/mol. The number of benzene rings is 2. The van der Waals surface area contributed by atoms with Crippen molar-refractivity contribution in [1.29, 1.82) is 0 Å². The lowest BCUT2D eigenvalue weighted by Crippen LogP contribution is -2.03. The number of H-pyrrole nitrogens is 2. The third kappa shape index (κ3) is 4.91. The molecule has 0 atom stereocenters. The van der Waals surface area contributed by atoms with Crippen molar-refractivity contribution in [3.8, 4) is 11.4 Å². The minimum atomic E-state index is 0.634. The first-order valence-electron chi connectivity index (χ1n) is 10.5. The van der Waals surface area contributed by atoms with Crippen LogP contribution in [0.3, 0.4) is 0 Å². The number of hydrogen-bond acceptors (Lipinski definition) is 4. The van der Waals surface area contributed by atoms with Crippen LogP contribution < -0.4 is 0 Å². The Morgan fingerprint density at radius 1 is 0.710 bits per heavy atom. The van der Waals surface area contributed by atoms with E-state index < -0.39 is 0 Å². The van der Waals surface area contributed by atoms with E-state index in [0.717, 1.165) is 55.1 Å². The number of nitrogens with zero attached hydrogens (tertiary/aromatic N) is 4. The van der Waals surface area contributed by atoms with Crippen LogP contribution in [0.2, 0.25) is 0 Å². The molecule has 0 aliphatic heterocycles. The summed E-state index contributed by atoms with van der Waals surface area (Å²) in [4.78, 5) is 0. The molecule has 0 saturated carbocycles. The molecule has 2 aromatic heterocycles. The molecule has 6 nitrogen and oxygen atoms in total. The third-order valence-electron chi connectivity index (χ3n) is 5.30. The summed E-state index contributed by atoms with van der Waals surface area (Å²) in [5.74, 6) is 1.94. The van der Waals surface area contributed by atoms with Crippen LogP contribution >= 0.6 is 24.4 Å². The van der Waals surface area contributed by atoms with Crippen molar-refractivity contribution in [3.63, 3.8) is 0 Å². The zero-order valence-corrected chi connectivity index (χ0v) is 19.4. The van der Waals surface area contributed by atoms with E-state index in [1.54, 1.807) is 0 Å². The molecule has 0 aliphatic carbocycles. The monoisotopic (exact) mass is 450 g/mol. The SMILES string of the molecule is Cc1cccc(-n2c(CCCCCc3n[nH]c(=S)n3-c3cccc(C)c3)n[nH]c2=S)c1. The maximum atomic E-state index is 5.46. The molecule has 2 heterocycles. The highest BCUT2D eigenvalue weighted by Gasteiger charge is 2.10. The van der Waals surface area contributed by atoms with E-state index in [4.69, 9.17) is 24.4 Å². The molecule has 31 heavy (non-hydrogen) atoms. The van der Waals surface area contributed by atoms with Crippen LogP contribution in [0.15, 0.2) is 48.5 Å². The number of aromatic amines is 2. The number of aryl methyl sites for hydroxylation is 4. The fourth-order valence-corrected chi connectivity index (χ4v) is 4.32. The summed E-state index contributed by atoms with van der Waals surface area (Å²) in [7, 11) is 0. The van der Waals surface area contributed by atoms with Gasteiger partial charge in [0, 0.05) is 24.2 Å². The lowest BCUT2D eigenvalue weighted by Gasteiger charge is -2.09. The Labute approximate surface area is 192 Å². The average Bonchev–Trinajstić information content (AvgIpc) is 3.30. The van der Waals surface area contributed by atoms with Gasteiger partial charge in [0.15, 0.2) is 9.54 Å². The van der Waals surface area contributed by atoms with Gasteiger partial charge >= 0.3 is 0 Å². The number of hydrogen-bond donors (Lipinski definition) is 2. The van der Waals surface area contributed by atoms with E-state index in [1.165, 1.54) is 11.1 Å². The predicted octanol–water partition coefficient (Wildman–Crippen LogP) is 5.75. The molecule has 0 saturated heterocycles. The van der Waals surface area contributed by atoms with Gasteiger partial charge in [-0.05, 0) is 86.5 Å². The summed E-state index contributed by atoms with van der Waals surface area (Å²) in [5, 5.41) is 14.8. The number of unbranched alkanes of at least 4 members (excludes halogenated alkanes) is 2. The van der Waals surface area contributed by atoms with Gasteiger partial charge < -0.3 is 0 Å². The van der Waals surface area contributed by atoms with Gasteiger partial charge in [0.1, 0.15) is 11.6 Å². The van der Waals surface area contributed by atoms with Crippen LogP contribution in [0.1, 0.15) is 42.0 Å². The van der Waals surface area contributed by atoms with Crippen molar-refractivity contribution >= 4 is 24.4 Å². The zero-order valence-electron chi connectivity index (χ0n) is 17.8. The Hall–Kier alpha value is -2.84. The van der Waals surface area contributed by atoms with E-state index in [2.05, 4.69) is 70.6 Å². The molecule has 0 amide bonds. The van der Waals surface area contributed by atoms with Crippen molar-refractivity contribution in [2.75, 3.05) is 0 Å². The maximum absolute atomic E-state index is 5.46. The van der Waals surface area contributed by atoms with Gasteiger partial charge in [-0.1, -0.05) is 30.7 Å². The molecule has 0 fully saturated rings. The summed E-state index contributed by atoms with van der Waals surface area (Å²) in [6.45, 7) is 4.17. The Bertz CT molecular complexity index is 1190. The van der Waals surface area contributed by atoms with Gasteiger partial charge in [0.2, 0.25) is 0 Å². The van der Waals surface area contributed by atoms with Crippen molar-refractivity contribution in [2.24, 2.45) is 0 Å². The highest BCUT2D eigenvalue weighted by Crippen LogP contribution is 2.17. The number of rotatable bonds is 8. The van der Waals surface area contributed by atoms with Gasteiger partial charge in [0.25, 0.3) is 0 Å². The molecule has 2 N–H and O–H groups in total. The van der Waals surface area contributed by atoms with Crippen molar-refractivity contribution in [1.82, 2.24) is 29.5 Å². The topological polar surface area (TPSA) is 67.2 Å². The van der Waals surface area contributed by atoms with Crippen LogP contribution in [-0.4, -0.2) is 29.5 Å². The summed E-state index contributed by atoms with van der Waals surface area (Å²) in [6, 6.07) is 16.6. The molecule has 160 valence electrons. The van der Waals surface area contributed by atoms with Crippen LogP contribution in [0.25, 0.3) is 11.4 Å². The van der Waals surface area contributed by atoms with Crippen molar-refractivity contribution < 1.29 is 0 Å². The van der Waals surface area contributed by atoms with Gasteiger partial charge in [-0.3, -0.25) is 19.3 Å². The van der Waals surface area contributed by atoms with E-state index in [1.807, 2.05) is 21.3 Å². The van der Waals surface area contributed by atoms with E-state index in [-0.39, 0.29) is 0 Å². The minimum Gasteiger partial charge on any atom is -0.272 e. The molecular weight excluding hydrogens is 424 g/mol. The first kappa shape index (κ1) is 21.4. The third-order valence-corrected chi connectivity index (χ3v) is 5.85. The highest BCUT2D eigenvalue weighted by atomic mass is 32.1. The first-order valence-corrected chi connectivity index (χ1v) is 11.3. The maximum Gasteiger partial charge on any atom is 0.199 e. The smallest absolute Gasteiger partial charge is 0.199 e. The second kappa shape index (κ2) is 9.53. The van der Waals surface area contributed by atoms with Crippen molar-refractivity contribution in [3.05, 3.63) is 80.8 Å². The molecule has 0 unspecified atom stereocenters. The van der Waals surface area contributed by atoms with E-state index in [0.29, 0.717) is 9.54 Å². The van der Waals surface area contributed by atoms with Crippen LogP contribution in [-0.2, 0) is 12.8 Å². The quantitative estimate of drug-likeness (QED) is 0.265.